The van der Waals surface area contributed by atoms with Gasteiger partial charge in [-0.25, -0.2) is 4.39 Å². The van der Waals surface area contributed by atoms with Crippen molar-refractivity contribution in [1.29, 1.82) is 0 Å². The van der Waals surface area contributed by atoms with Gasteiger partial charge in [0.2, 0.25) is 5.91 Å². The normalized spacial score (nSPS) is 22.3. The third-order valence-corrected chi connectivity index (χ3v) is 6.53. The summed E-state index contributed by atoms with van der Waals surface area (Å²) in [4.78, 5) is 29.0. The first-order chi connectivity index (χ1) is 15.6. The molecule has 3 aromatic carbocycles. The molecule has 1 N–H and O–H groups in total. The van der Waals surface area contributed by atoms with Crippen molar-refractivity contribution in [1.82, 2.24) is 9.80 Å². The van der Waals surface area contributed by atoms with E-state index in [2.05, 4.69) is 12.1 Å². The van der Waals surface area contributed by atoms with Gasteiger partial charge < -0.3 is 14.9 Å². The van der Waals surface area contributed by atoms with E-state index in [1.165, 1.54) is 29.2 Å². The summed E-state index contributed by atoms with van der Waals surface area (Å²) >= 11 is 0. The Balaban J connectivity index is 1.38. The van der Waals surface area contributed by atoms with Crippen LogP contribution in [0.25, 0.3) is 11.1 Å². The van der Waals surface area contributed by atoms with Gasteiger partial charge in [0.25, 0.3) is 5.91 Å². The molecule has 5 nitrogen and oxygen atoms in total. The molecule has 2 aliphatic rings. The van der Waals surface area contributed by atoms with Crippen LogP contribution in [0.15, 0.2) is 78.9 Å². The first-order valence-electron chi connectivity index (χ1n) is 10.7. The second kappa shape index (κ2) is 8.20. The summed E-state index contributed by atoms with van der Waals surface area (Å²) in [5.74, 6) is -0.930. The summed E-state index contributed by atoms with van der Waals surface area (Å²) in [6.45, 7) is 0.214. The highest BCUT2D eigenvalue weighted by Gasteiger charge is 2.54. The van der Waals surface area contributed by atoms with Gasteiger partial charge in [-0.05, 0) is 41.0 Å². The van der Waals surface area contributed by atoms with E-state index < -0.39 is 5.82 Å². The van der Waals surface area contributed by atoms with Crippen LogP contribution in [0.2, 0.25) is 0 Å². The number of carbonyl (C=O) groups excluding carboxylic acids is 2. The minimum atomic E-state index is -0.411. The summed E-state index contributed by atoms with van der Waals surface area (Å²) in [5, 5.41) is 9.98. The lowest BCUT2D eigenvalue weighted by Gasteiger charge is -2.58. The highest BCUT2D eigenvalue weighted by molar-refractivity contribution is 5.97. The van der Waals surface area contributed by atoms with Crippen molar-refractivity contribution in [3.63, 3.8) is 0 Å². The van der Waals surface area contributed by atoms with Crippen LogP contribution in [0.1, 0.15) is 21.8 Å². The molecular weight excluding hydrogens is 407 g/mol. The highest BCUT2D eigenvalue weighted by Crippen LogP contribution is 2.43. The Kier molecular flexibility index (Phi) is 5.23. The fourth-order valence-electron chi connectivity index (χ4n) is 4.96. The minimum Gasteiger partial charge on any atom is -0.394 e. The van der Waals surface area contributed by atoms with Crippen molar-refractivity contribution in [3.05, 3.63) is 95.8 Å². The molecule has 32 heavy (non-hydrogen) atoms. The zero-order valence-electron chi connectivity index (χ0n) is 17.4. The first kappa shape index (κ1) is 20.4. The number of amides is 2. The maximum Gasteiger partial charge on any atom is 0.254 e. The monoisotopic (exact) mass is 430 g/mol. The van der Waals surface area contributed by atoms with Gasteiger partial charge in [0.1, 0.15) is 12.4 Å². The summed E-state index contributed by atoms with van der Waals surface area (Å²) in [6.07, 6.45) is 0. The fourth-order valence-corrected chi connectivity index (χ4v) is 4.96. The second-order valence-electron chi connectivity index (χ2n) is 8.32. The van der Waals surface area contributed by atoms with Crippen LogP contribution in [0, 0.1) is 5.82 Å². The smallest absolute Gasteiger partial charge is 0.254 e. The van der Waals surface area contributed by atoms with E-state index in [9.17, 15) is 19.1 Å². The molecule has 0 aromatic heterocycles. The molecule has 2 fully saturated rings. The number of fused-ring (bicyclic) bond motifs is 1. The van der Waals surface area contributed by atoms with E-state index in [0.717, 1.165) is 16.7 Å². The average molecular weight is 430 g/mol. The quantitative estimate of drug-likeness (QED) is 0.691. The Hall–Kier alpha value is -3.51. The van der Waals surface area contributed by atoms with Crippen LogP contribution in [-0.2, 0) is 4.79 Å². The number of aliphatic hydroxyl groups excluding tert-OH is 1. The first-order valence-corrected chi connectivity index (χ1v) is 10.7. The predicted octanol–water partition coefficient (Wildman–Crippen LogP) is 3.30. The molecule has 2 aliphatic heterocycles. The molecule has 3 atom stereocenters. The van der Waals surface area contributed by atoms with Crippen LogP contribution >= 0.6 is 0 Å². The molecule has 6 heteroatoms. The van der Waals surface area contributed by atoms with Crippen LogP contribution in [0.4, 0.5) is 4.39 Å². The van der Waals surface area contributed by atoms with Crippen molar-refractivity contribution in [2.45, 2.75) is 18.0 Å². The number of hydrogen-bond donors (Lipinski definition) is 1. The number of carbonyl (C=O) groups is 2. The Morgan fingerprint density at radius 3 is 2.25 bits per heavy atom. The molecule has 2 amide bonds. The van der Waals surface area contributed by atoms with Crippen molar-refractivity contribution in [2.24, 2.45) is 0 Å². The third-order valence-electron chi connectivity index (χ3n) is 6.53. The number of rotatable bonds is 4. The average Bonchev–Trinajstić information content (AvgIpc) is 2.81. The summed E-state index contributed by atoms with van der Waals surface area (Å²) in [5.41, 5.74) is 3.61. The van der Waals surface area contributed by atoms with Gasteiger partial charge in [0.15, 0.2) is 0 Å². The Bertz CT molecular complexity index is 1130. The van der Waals surface area contributed by atoms with Gasteiger partial charge in [-0.1, -0.05) is 54.6 Å². The van der Waals surface area contributed by atoms with Crippen LogP contribution < -0.4 is 0 Å². The van der Waals surface area contributed by atoms with Crippen LogP contribution in [0.3, 0.4) is 0 Å². The lowest BCUT2D eigenvalue weighted by Crippen LogP contribution is -2.73. The van der Waals surface area contributed by atoms with Gasteiger partial charge in [0, 0.05) is 18.0 Å². The summed E-state index contributed by atoms with van der Waals surface area (Å²) in [6, 6.07) is 23.1. The number of piperazine rings is 1. The standard InChI is InChI=1S/C26H23FN2O3/c27-21-12-10-20(11-13-21)26(32)28-14-22-25(23(16-30)29(22)24(31)15-28)19-8-6-18(7-9-19)17-4-2-1-3-5-17/h1-13,22-23,25,30H,14-16H2/t22-,23-,25-/m1/s1. The predicted molar refractivity (Wildman–Crippen MR) is 118 cm³/mol. The molecule has 162 valence electrons. The molecule has 0 bridgehead atoms. The number of benzene rings is 3. The van der Waals surface area contributed by atoms with Gasteiger partial charge in [-0.2, -0.15) is 0 Å². The molecule has 2 heterocycles. The van der Waals surface area contributed by atoms with Gasteiger partial charge in [-0.3, -0.25) is 9.59 Å². The molecule has 2 saturated heterocycles. The zero-order chi connectivity index (χ0) is 22.2. The van der Waals surface area contributed by atoms with Gasteiger partial charge in [-0.15, -0.1) is 0 Å². The van der Waals surface area contributed by atoms with Crippen molar-refractivity contribution in [2.75, 3.05) is 19.7 Å². The van der Waals surface area contributed by atoms with Crippen molar-refractivity contribution in [3.8, 4) is 11.1 Å². The number of aliphatic hydroxyl groups is 1. The molecule has 5 rings (SSSR count). The van der Waals surface area contributed by atoms with E-state index in [-0.39, 0.29) is 43.0 Å². The SMILES string of the molecule is O=C(c1ccc(F)cc1)N1CC(=O)N2[C@H](CO)[C@H](c3ccc(-c4ccccc4)cc3)[C@H]2C1. The molecule has 0 spiro atoms. The molecule has 0 unspecified atom stereocenters. The van der Waals surface area contributed by atoms with E-state index in [1.807, 2.05) is 42.5 Å². The van der Waals surface area contributed by atoms with E-state index in [0.29, 0.717) is 12.1 Å². The lowest BCUT2D eigenvalue weighted by atomic mass is 9.73. The summed E-state index contributed by atoms with van der Waals surface area (Å²) in [7, 11) is 0. The molecule has 0 radical (unpaired) electrons. The molecule has 3 aromatic rings. The van der Waals surface area contributed by atoms with E-state index in [4.69, 9.17) is 0 Å². The highest BCUT2D eigenvalue weighted by atomic mass is 19.1. The van der Waals surface area contributed by atoms with E-state index >= 15 is 0 Å². The lowest BCUT2D eigenvalue weighted by molar-refractivity contribution is -0.159. The molecular formula is C26H23FN2O3. The molecule has 0 aliphatic carbocycles. The second-order valence-corrected chi connectivity index (χ2v) is 8.32. The maximum atomic E-state index is 13.2. The van der Waals surface area contributed by atoms with Crippen LogP contribution in [-0.4, -0.2) is 58.5 Å². The third kappa shape index (κ3) is 3.46. The summed E-state index contributed by atoms with van der Waals surface area (Å²) < 4.78 is 13.2. The van der Waals surface area contributed by atoms with E-state index in [1.54, 1.807) is 4.90 Å². The Morgan fingerprint density at radius 1 is 0.938 bits per heavy atom. The Labute approximate surface area is 185 Å². The number of halogens is 1. The van der Waals surface area contributed by atoms with Crippen molar-refractivity contribution < 1.29 is 19.1 Å². The largest absolute Gasteiger partial charge is 0.394 e. The fraction of sp³-hybridized carbons (Fsp3) is 0.231. The van der Waals surface area contributed by atoms with Crippen LogP contribution in [0.5, 0.6) is 0 Å². The van der Waals surface area contributed by atoms with Gasteiger partial charge in [0.05, 0.1) is 18.7 Å². The van der Waals surface area contributed by atoms with Crippen molar-refractivity contribution >= 4 is 11.8 Å². The topological polar surface area (TPSA) is 60.9 Å². The minimum absolute atomic E-state index is 0.0388. The molecule has 0 saturated carbocycles. The van der Waals surface area contributed by atoms with Gasteiger partial charge >= 0.3 is 0 Å². The number of nitrogens with zero attached hydrogens (tertiary/aromatic N) is 2. The maximum absolute atomic E-state index is 13.2. The number of hydrogen-bond acceptors (Lipinski definition) is 3. The zero-order valence-corrected chi connectivity index (χ0v) is 17.4. The Morgan fingerprint density at radius 2 is 1.59 bits per heavy atom.